The van der Waals surface area contributed by atoms with Gasteiger partial charge in [-0.15, -0.1) is 0 Å². The first-order chi connectivity index (χ1) is 19.7. The maximum absolute atomic E-state index is 13.1. The number of pyridine rings is 1. The second kappa shape index (κ2) is 13.0. The van der Waals surface area contributed by atoms with Crippen molar-refractivity contribution < 1.29 is 19.1 Å². The Hall–Kier alpha value is -3.43. The number of amides is 1. The summed E-state index contributed by atoms with van der Waals surface area (Å²) in [6.07, 6.45) is 5.98. The van der Waals surface area contributed by atoms with Crippen LogP contribution < -0.4 is 15.4 Å². The number of hydrogen-bond acceptors (Lipinski definition) is 8. The number of aryl methyl sites for hydroxylation is 1. The minimum Gasteiger partial charge on any atom is -0.485 e. The predicted molar refractivity (Wildman–Crippen MR) is 158 cm³/mol. The van der Waals surface area contributed by atoms with Crippen molar-refractivity contribution in [1.82, 2.24) is 20.2 Å². The lowest BCUT2D eigenvalue weighted by Crippen LogP contribution is -2.42. The van der Waals surface area contributed by atoms with Gasteiger partial charge in [0.2, 0.25) is 0 Å². The minimum absolute atomic E-state index is 0.180. The van der Waals surface area contributed by atoms with Crippen molar-refractivity contribution in [2.24, 2.45) is 5.92 Å². The van der Waals surface area contributed by atoms with Crippen molar-refractivity contribution in [3.63, 3.8) is 0 Å². The summed E-state index contributed by atoms with van der Waals surface area (Å²) in [7, 11) is 0. The van der Waals surface area contributed by atoms with Gasteiger partial charge in [-0.1, -0.05) is 19.9 Å². The van der Waals surface area contributed by atoms with Crippen LogP contribution in [0.2, 0.25) is 0 Å². The molecule has 2 aromatic heterocycles. The lowest BCUT2D eigenvalue weighted by molar-refractivity contribution is 0.0841. The summed E-state index contributed by atoms with van der Waals surface area (Å²) < 4.78 is 11.4. The molecule has 3 aromatic rings. The predicted octanol–water partition coefficient (Wildman–Crippen LogP) is 4.58. The molecule has 0 saturated heterocycles. The number of aliphatic hydroxyl groups excluding tert-OH is 1. The molecule has 0 radical (unpaired) electrons. The highest BCUT2D eigenvalue weighted by molar-refractivity contribution is 5.95. The van der Waals surface area contributed by atoms with E-state index in [1.54, 1.807) is 0 Å². The Morgan fingerprint density at radius 2 is 2.07 bits per heavy atom. The van der Waals surface area contributed by atoms with Gasteiger partial charge >= 0.3 is 0 Å². The smallest absolute Gasteiger partial charge is 0.251 e. The summed E-state index contributed by atoms with van der Waals surface area (Å²) in [4.78, 5) is 24.2. The Kier molecular flexibility index (Phi) is 9.25. The third kappa shape index (κ3) is 7.45. The normalized spacial score (nSPS) is 16.2. The number of nitrogens with zero attached hydrogens (tertiary/aromatic N) is 3. The van der Waals surface area contributed by atoms with E-state index in [9.17, 15) is 9.90 Å². The number of rotatable bonds is 12. The third-order valence-corrected chi connectivity index (χ3v) is 8.10. The summed E-state index contributed by atoms with van der Waals surface area (Å²) in [5, 5.41) is 17.2. The molecule has 9 heteroatoms. The summed E-state index contributed by atoms with van der Waals surface area (Å²) in [6.45, 7) is 10.9. The standard InChI is InChI=1S/C32H43N5O4/c1-20(2)12-26-13-24(14-31(36-26)35-25-6-5-7-25)32(39)33-15-27(38)17-37-11-10-28-21(3)29(9-8-23(28)16-37)40-18-30-22(4)34-19-41-30/h8-9,13-14,19-20,25,27,38H,5-7,10-12,15-18H2,1-4H3,(H,33,39)(H,35,36)/t27-/m0/s1. The van der Waals surface area contributed by atoms with Crippen LogP contribution in [0.25, 0.3) is 0 Å². The number of aromatic nitrogens is 2. The molecule has 3 heterocycles. The molecule has 3 N–H and O–H groups in total. The van der Waals surface area contributed by atoms with E-state index in [-0.39, 0.29) is 12.5 Å². The molecule has 1 amide bonds. The molecule has 1 saturated carbocycles. The van der Waals surface area contributed by atoms with E-state index in [1.807, 2.05) is 25.1 Å². The van der Waals surface area contributed by atoms with Crippen molar-refractivity contribution >= 4 is 11.7 Å². The van der Waals surface area contributed by atoms with E-state index >= 15 is 0 Å². The number of hydrogen-bond donors (Lipinski definition) is 3. The molecule has 2 aliphatic rings. The average Bonchev–Trinajstić information content (AvgIpc) is 3.33. The zero-order chi connectivity index (χ0) is 28.9. The van der Waals surface area contributed by atoms with Gasteiger partial charge in [-0.05, 0) is 86.8 Å². The average molecular weight is 562 g/mol. The van der Waals surface area contributed by atoms with Crippen molar-refractivity contribution in [1.29, 1.82) is 0 Å². The molecule has 9 nitrogen and oxygen atoms in total. The molecule has 1 aliphatic carbocycles. The molecular formula is C32H43N5O4. The molecule has 1 fully saturated rings. The maximum Gasteiger partial charge on any atom is 0.251 e. The van der Waals surface area contributed by atoms with Gasteiger partial charge < -0.3 is 24.9 Å². The van der Waals surface area contributed by atoms with Crippen LogP contribution in [0.4, 0.5) is 5.82 Å². The van der Waals surface area contributed by atoms with Crippen molar-refractivity contribution in [3.8, 4) is 5.75 Å². The van der Waals surface area contributed by atoms with Gasteiger partial charge in [-0.25, -0.2) is 9.97 Å². The van der Waals surface area contributed by atoms with Gasteiger partial charge in [0.25, 0.3) is 5.91 Å². The van der Waals surface area contributed by atoms with Gasteiger partial charge in [-0.2, -0.15) is 0 Å². The fourth-order valence-electron chi connectivity index (χ4n) is 5.55. The number of benzene rings is 1. The highest BCUT2D eigenvalue weighted by Gasteiger charge is 2.23. The van der Waals surface area contributed by atoms with Crippen LogP contribution in [0.1, 0.15) is 77.3 Å². The zero-order valence-corrected chi connectivity index (χ0v) is 24.7. The molecule has 0 unspecified atom stereocenters. The lowest BCUT2D eigenvalue weighted by atomic mass is 9.93. The molecule has 41 heavy (non-hydrogen) atoms. The fourth-order valence-corrected chi connectivity index (χ4v) is 5.55. The van der Waals surface area contributed by atoms with Crippen LogP contribution in [0.15, 0.2) is 35.1 Å². The number of carbonyl (C=O) groups is 1. The van der Waals surface area contributed by atoms with Gasteiger partial charge in [0.05, 0.1) is 11.8 Å². The van der Waals surface area contributed by atoms with Crippen LogP contribution in [0, 0.1) is 19.8 Å². The molecule has 0 bridgehead atoms. The Morgan fingerprint density at radius 3 is 2.78 bits per heavy atom. The van der Waals surface area contributed by atoms with E-state index in [1.165, 1.54) is 23.9 Å². The quantitative estimate of drug-likeness (QED) is 0.295. The van der Waals surface area contributed by atoms with E-state index in [0.717, 1.165) is 73.1 Å². The maximum atomic E-state index is 13.1. The Morgan fingerprint density at radius 1 is 1.24 bits per heavy atom. The van der Waals surface area contributed by atoms with Gasteiger partial charge in [0.15, 0.2) is 12.2 Å². The van der Waals surface area contributed by atoms with E-state index in [2.05, 4.69) is 47.4 Å². The van der Waals surface area contributed by atoms with Crippen molar-refractivity contribution in [2.75, 3.05) is 25.0 Å². The van der Waals surface area contributed by atoms with Crippen LogP contribution in [0.3, 0.4) is 0 Å². The third-order valence-electron chi connectivity index (χ3n) is 8.10. The van der Waals surface area contributed by atoms with Gasteiger partial charge in [0.1, 0.15) is 18.2 Å². The van der Waals surface area contributed by atoms with E-state index in [4.69, 9.17) is 14.1 Å². The Balaban J connectivity index is 1.14. The number of carbonyl (C=O) groups excluding carboxylic acids is 1. The number of β-amino-alcohol motifs (C(OH)–C–C–N with tert-alkyl or cyclic N) is 1. The molecule has 1 aromatic carbocycles. The molecule has 0 spiro atoms. The van der Waals surface area contributed by atoms with E-state index in [0.29, 0.717) is 30.7 Å². The van der Waals surface area contributed by atoms with Crippen LogP contribution in [-0.2, 0) is 26.0 Å². The number of ether oxygens (including phenoxy) is 1. The van der Waals surface area contributed by atoms with Gasteiger partial charge in [0, 0.05) is 43.5 Å². The minimum atomic E-state index is -0.668. The van der Waals surface area contributed by atoms with E-state index < -0.39 is 6.10 Å². The molecule has 5 rings (SSSR count). The molecular weight excluding hydrogens is 518 g/mol. The summed E-state index contributed by atoms with van der Waals surface area (Å²) in [5.41, 5.74) is 6.04. The second-order valence-electron chi connectivity index (χ2n) is 11.9. The lowest BCUT2D eigenvalue weighted by Gasteiger charge is -2.31. The number of fused-ring (bicyclic) bond motifs is 1. The van der Waals surface area contributed by atoms with Crippen LogP contribution >= 0.6 is 0 Å². The summed E-state index contributed by atoms with van der Waals surface area (Å²) in [5.74, 6) is 2.62. The van der Waals surface area contributed by atoms with Crippen LogP contribution in [-0.4, -0.2) is 57.7 Å². The monoisotopic (exact) mass is 561 g/mol. The zero-order valence-electron chi connectivity index (χ0n) is 24.7. The Bertz CT molecular complexity index is 1350. The second-order valence-corrected chi connectivity index (χ2v) is 11.9. The van der Waals surface area contributed by atoms with Crippen molar-refractivity contribution in [2.45, 2.75) is 85.1 Å². The molecule has 1 atom stereocenters. The summed E-state index contributed by atoms with van der Waals surface area (Å²) >= 11 is 0. The number of nitrogens with one attached hydrogen (secondary N) is 2. The fraction of sp³-hybridized carbons (Fsp3) is 0.531. The molecule has 1 aliphatic heterocycles. The van der Waals surface area contributed by atoms with Gasteiger partial charge in [-0.3, -0.25) is 9.69 Å². The highest BCUT2D eigenvalue weighted by atomic mass is 16.5. The number of oxazole rings is 1. The van der Waals surface area contributed by atoms with Crippen molar-refractivity contribution in [3.05, 3.63) is 70.1 Å². The highest BCUT2D eigenvalue weighted by Crippen LogP contribution is 2.30. The number of aliphatic hydroxyl groups is 1. The topological polar surface area (TPSA) is 113 Å². The van der Waals surface area contributed by atoms with Crippen LogP contribution in [0.5, 0.6) is 5.75 Å². The SMILES string of the molecule is Cc1ncoc1COc1ccc2c(c1C)CCN(C[C@@H](O)CNC(=O)c1cc(CC(C)C)nc(NC3CCC3)c1)C2. The first kappa shape index (κ1) is 29.1. The summed E-state index contributed by atoms with van der Waals surface area (Å²) in [6, 6.07) is 8.27. The Labute approximate surface area is 242 Å². The molecule has 220 valence electrons. The first-order valence-electron chi connectivity index (χ1n) is 14.8. The first-order valence-corrected chi connectivity index (χ1v) is 14.8. The largest absolute Gasteiger partial charge is 0.485 e. The number of anilines is 1.